The summed E-state index contributed by atoms with van der Waals surface area (Å²) in [5, 5.41) is 0. The minimum atomic E-state index is -0.166. The van der Waals surface area contributed by atoms with Gasteiger partial charge in [-0.15, -0.1) is 0 Å². The molecule has 0 spiro atoms. The summed E-state index contributed by atoms with van der Waals surface area (Å²) >= 11 is 0. The summed E-state index contributed by atoms with van der Waals surface area (Å²) in [5.74, 6) is 1.42. The van der Waals surface area contributed by atoms with Crippen LogP contribution in [0.1, 0.15) is 38.5 Å². The van der Waals surface area contributed by atoms with Gasteiger partial charge >= 0.3 is 0 Å². The molecule has 0 amide bonds. The fraction of sp³-hybridized carbons (Fsp3) is 0.520. The predicted molar refractivity (Wildman–Crippen MR) is 122 cm³/mol. The van der Waals surface area contributed by atoms with Gasteiger partial charge in [-0.3, -0.25) is 0 Å². The number of pyridine rings is 1. The van der Waals surface area contributed by atoms with Crippen molar-refractivity contribution >= 4 is 23.5 Å². The molecule has 0 saturated carbocycles. The summed E-state index contributed by atoms with van der Waals surface area (Å²) in [5.41, 5.74) is 2.23. The summed E-state index contributed by atoms with van der Waals surface area (Å²) < 4.78 is 13.8. The molecular formula is C25H31FN4O. The molecule has 0 bridgehead atoms. The molecule has 0 N–H and O–H groups in total. The number of aromatic nitrogens is 1. The Morgan fingerprint density at radius 1 is 0.935 bits per heavy atom. The van der Waals surface area contributed by atoms with Gasteiger partial charge in [0.15, 0.2) is 0 Å². The molecule has 0 aliphatic carbocycles. The molecule has 3 saturated heterocycles. The molecule has 31 heavy (non-hydrogen) atoms. The van der Waals surface area contributed by atoms with E-state index in [0.29, 0.717) is 24.4 Å². The Hall–Kier alpha value is -2.63. The van der Waals surface area contributed by atoms with Gasteiger partial charge in [0.1, 0.15) is 17.9 Å². The molecule has 1 aromatic carbocycles. The molecule has 3 aliphatic rings. The molecule has 5 rings (SSSR count). The van der Waals surface area contributed by atoms with Crippen molar-refractivity contribution in [1.29, 1.82) is 0 Å². The molecule has 3 fully saturated rings. The van der Waals surface area contributed by atoms with Gasteiger partial charge in [0, 0.05) is 56.2 Å². The number of halogens is 1. The van der Waals surface area contributed by atoms with Crippen LogP contribution in [0.4, 0.5) is 21.6 Å². The van der Waals surface area contributed by atoms with Crippen molar-refractivity contribution in [3.05, 3.63) is 48.4 Å². The van der Waals surface area contributed by atoms with Gasteiger partial charge in [-0.05, 0) is 62.3 Å². The summed E-state index contributed by atoms with van der Waals surface area (Å²) in [6.45, 7) is 3.98. The zero-order valence-corrected chi connectivity index (χ0v) is 18.0. The first-order valence-corrected chi connectivity index (χ1v) is 11.7. The van der Waals surface area contributed by atoms with Crippen molar-refractivity contribution < 1.29 is 9.18 Å². The normalized spacial score (nSPS) is 24.4. The number of hydrogen-bond acceptors (Lipinski definition) is 5. The molecule has 4 heterocycles. The lowest BCUT2D eigenvalue weighted by Gasteiger charge is -2.41. The van der Waals surface area contributed by atoms with Crippen molar-refractivity contribution in [2.75, 3.05) is 40.9 Å². The zero-order valence-electron chi connectivity index (χ0n) is 18.0. The largest absolute Gasteiger partial charge is 0.371 e. The lowest BCUT2D eigenvalue weighted by molar-refractivity contribution is -0.108. The lowest BCUT2D eigenvalue weighted by Crippen LogP contribution is -2.50. The molecule has 2 atom stereocenters. The monoisotopic (exact) mass is 422 g/mol. The molecule has 0 radical (unpaired) electrons. The quantitative estimate of drug-likeness (QED) is 0.673. The number of fused-ring (bicyclic) bond motifs is 1. The van der Waals surface area contributed by atoms with Crippen LogP contribution in [0.25, 0.3) is 0 Å². The van der Waals surface area contributed by atoms with Gasteiger partial charge in [-0.2, -0.15) is 0 Å². The third-order valence-electron chi connectivity index (χ3n) is 7.38. The van der Waals surface area contributed by atoms with Crippen LogP contribution in [0.3, 0.4) is 0 Å². The highest BCUT2D eigenvalue weighted by molar-refractivity contribution is 5.58. The fourth-order valence-corrected chi connectivity index (χ4v) is 5.77. The average molecular weight is 423 g/mol. The second kappa shape index (κ2) is 8.85. The average Bonchev–Trinajstić information content (AvgIpc) is 3.24. The van der Waals surface area contributed by atoms with Crippen molar-refractivity contribution in [3.63, 3.8) is 0 Å². The summed E-state index contributed by atoms with van der Waals surface area (Å²) in [6, 6.07) is 12.2. The van der Waals surface area contributed by atoms with Gasteiger partial charge in [0.05, 0.1) is 12.1 Å². The van der Waals surface area contributed by atoms with Crippen molar-refractivity contribution in [2.24, 2.45) is 5.92 Å². The smallest absolute Gasteiger partial charge is 0.130 e. The highest BCUT2D eigenvalue weighted by atomic mass is 19.1. The van der Waals surface area contributed by atoms with Crippen LogP contribution in [-0.4, -0.2) is 49.5 Å². The Morgan fingerprint density at radius 2 is 1.77 bits per heavy atom. The SMILES string of the molecule is O=CCC1CCN(c2ccnc(N3CC[C@@H]4[C@H]3CCCN4c3cccc(F)c3)c2)CC1. The Morgan fingerprint density at radius 3 is 2.58 bits per heavy atom. The number of carbonyl (C=O) groups excluding carboxylic acids is 1. The van der Waals surface area contributed by atoms with E-state index in [0.717, 1.165) is 76.1 Å². The summed E-state index contributed by atoms with van der Waals surface area (Å²) in [6.07, 6.45) is 9.17. The maximum Gasteiger partial charge on any atom is 0.130 e. The zero-order chi connectivity index (χ0) is 21.2. The highest BCUT2D eigenvalue weighted by Crippen LogP contribution is 2.37. The lowest BCUT2D eigenvalue weighted by atomic mass is 9.94. The fourth-order valence-electron chi connectivity index (χ4n) is 5.77. The van der Waals surface area contributed by atoms with Crippen LogP contribution < -0.4 is 14.7 Å². The van der Waals surface area contributed by atoms with E-state index in [-0.39, 0.29) is 5.82 Å². The van der Waals surface area contributed by atoms with Crippen LogP contribution in [0.15, 0.2) is 42.6 Å². The Labute approximate surface area is 183 Å². The third kappa shape index (κ3) is 4.12. The van der Waals surface area contributed by atoms with Crippen molar-refractivity contribution in [1.82, 2.24) is 4.98 Å². The maximum atomic E-state index is 13.8. The van der Waals surface area contributed by atoms with E-state index in [9.17, 15) is 9.18 Å². The second-order valence-corrected chi connectivity index (χ2v) is 9.14. The van der Waals surface area contributed by atoms with Gasteiger partial charge in [0.25, 0.3) is 0 Å². The third-order valence-corrected chi connectivity index (χ3v) is 7.38. The number of aldehydes is 1. The van der Waals surface area contributed by atoms with E-state index >= 15 is 0 Å². The number of nitrogens with zero attached hydrogens (tertiary/aromatic N) is 4. The first-order chi connectivity index (χ1) is 15.2. The van der Waals surface area contributed by atoms with Crippen LogP contribution in [-0.2, 0) is 4.79 Å². The van der Waals surface area contributed by atoms with Gasteiger partial charge in [-0.1, -0.05) is 6.07 Å². The predicted octanol–water partition coefficient (Wildman–Crippen LogP) is 4.27. The second-order valence-electron chi connectivity index (χ2n) is 9.14. The number of benzene rings is 1. The first-order valence-electron chi connectivity index (χ1n) is 11.7. The molecule has 1 aromatic heterocycles. The Balaban J connectivity index is 1.31. The molecule has 0 unspecified atom stereocenters. The molecule has 164 valence electrons. The van der Waals surface area contributed by atoms with E-state index in [1.54, 1.807) is 6.07 Å². The van der Waals surface area contributed by atoms with E-state index in [2.05, 4.69) is 26.8 Å². The van der Waals surface area contributed by atoms with Gasteiger partial charge < -0.3 is 19.5 Å². The number of anilines is 3. The molecular weight excluding hydrogens is 391 g/mol. The van der Waals surface area contributed by atoms with E-state index in [4.69, 9.17) is 4.98 Å². The van der Waals surface area contributed by atoms with E-state index in [1.807, 2.05) is 18.3 Å². The van der Waals surface area contributed by atoms with Crippen LogP contribution in [0.2, 0.25) is 0 Å². The van der Waals surface area contributed by atoms with Crippen LogP contribution in [0, 0.1) is 11.7 Å². The van der Waals surface area contributed by atoms with Gasteiger partial charge in [-0.25, -0.2) is 9.37 Å². The summed E-state index contributed by atoms with van der Waals surface area (Å²) in [7, 11) is 0. The van der Waals surface area contributed by atoms with Crippen LogP contribution >= 0.6 is 0 Å². The number of piperidine rings is 2. The van der Waals surface area contributed by atoms with E-state index < -0.39 is 0 Å². The molecule has 2 aromatic rings. The maximum absolute atomic E-state index is 13.8. The van der Waals surface area contributed by atoms with Gasteiger partial charge in [0.2, 0.25) is 0 Å². The molecule has 3 aliphatic heterocycles. The van der Waals surface area contributed by atoms with Crippen molar-refractivity contribution in [3.8, 4) is 0 Å². The Bertz CT molecular complexity index is 914. The Kier molecular flexibility index (Phi) is 5.79. The minimum absolute atomic E-state index is 0.166. The van der Waals surface area contributed by atoms with Crippen molar-refractivity contribution in [2.45, 2.75) is 50.6 Å². The minimum Gasteiger partial charge on any atom is -0.371 e. The van der Waals surface area contributed by atoms with E-state index in [1.165, 1.54) is 11.8 Å². The number of hydrogen-bond donors (Lipinski definition) is 0. The number of carbonyl (C=O) groups is 1. The summed E-state index contributed by atoms with van der Waals surface area (Å²) in [4.78, 5) is 22.9. The topological polar surface area (TPSA) is 39.7 Å². The molecule has 6 heteroatoms. The highest BCUT2D eigenvalue weighted by Gasteiger charge is 2.41. The first kappa shape index (κ1) is 20.3. The molecule has 5 nitrogen and oxygen atoms in total. The van der Waals surface area contributed by atoms with Crippen LogP contribution in [0.5, 0.6) is 0 Å². The number of rotatable bonds is 5. The standard InChI is InChI=1S/C25H31FN4O/c26-20-3-1-4-22(17-20)29-12-2-5-23-24(29)9-15-30(23)25-18-21(6-11-27-25)28-13-7-19(8-14-28)10-16-31/h1,3-4,6,11,16-19,23-24H,2,5,7-10,12-15H2/t23-,24-/m1/s1.